The molecule has 1 fully saturated rings. The maximum atomic E-state index is 6.10. The summed E-state index contributed by atoms with van der Waals surface area (Å²) in [5.41, 5.74) is -0.374. The van der Waals surface area contributed by atoms with Gasteiger partial charge < -0.3 is 9.31 Å². The van der Waals surface area contributed by atoms with Crippen molar-refractivity contribution in [1.82, 2.24) is 0 Å². The van der Waals surface area contributed by atoms with Gasteiger partial charge in [-0.3, -0.25) is 0 Å². The van der Waals surface area contributed by atoms with Crippen molar-refractivity contribution in [2.24, 2.45) is 0 Å². The smallest absolute Gasteiger partial charge is 0.403 e. The largest absolute Gasteiger partial charge is 0.461 e. The van der Waals surface area contributed by atoms with Crippen molar-refractivity contribution < 1.29 is 9.31 Å². The Hall–Kier alpha value is -0.275. The van der Waals surface area contributed by atoms with Gasteiger partial charge in [0, 0.05) is 0 Å². The average Bonchev–Trinajstić information content (AvgIpc) is 2.42. The van der Waals surface area contributed by atoms with Crippen molar-refractivity contribution in [2.75, 3.05) is 0 Å². The molecule has 0 aromatic carbocycles. The van der Waals surface area contributed by atoms with E-state index in [0.29, 0.717) is 5.82 Å². The zero-order chi connectivity index (χ0) is 11.8. The summed E-state index contributed by atoms with van der Waals surface area (Å²) in [5, 5.41) is 0. The van der Waals surface area contributed by atoms with E-state index in [2.05, 4.69) is 39.8 Å². The van der Waals surface area contributed by atoms with Crippen LogP contribution in [0, 0.1) is 0 Å². The van der Waals surface area contributed by atoms with Crippen LogP contribution in [0.15, 0.2) is 12.2 Å². The fraction of sp³-hybridized carbons (Fsp3) is 0.846. The fourth-order valence-corrected chi connectivity index (χ4v) is 2.33. The fourth-order valence-electron chi connectivity index (χ4n) is 2.33. The molecule has 1 aliphatic carbocycles. The molecule has 2 aliphatic rings. The third-order valence-corrected chi connectivity index (χ3v) is 4.21. The monoisotopic (exact) mass is 222 g/mol. The van der Waals surface area contributed by atoms with E-state index < -0.39 is 0 Å². The molecule has 90 valence electrons. The van der Waals surface area contributed by atoms with E-state index in [9.17, 15) is 0 Å². The summed E-state index contributed by atoms with van der Waals surface area (Å²) in [5.74, 6) is 0.528. The predicted octanol–water partition coefficient (Wildman–Crippen LogP) is 3.58. The van der Waals surface area contributed by atoms with E-state index in [1.54, 1.807) is 0 Å². The minimum atomic E-state index is -0.187. The van der Waals surface area contributed by atoms with Gasteiger partial charge >= 0.3 is 7.12 Å². The minimum Gasteiger partial charge on any atom is -0.403 e. The van der Waals surface area contributed by atoms with Crippen LogP contribution in [-0.4, -0.2) is 18.3 Å². The molecule has 1 saturated heterocycles. The molecule has 0 amide bonds. The second kappa shape index (κ2) is 4.19. The highest BCUT2D eigenvalue weighted by atomic mass is 16.7. The molecule has 1 atom stereocenters. The van der Waals surface area contributed by atoms with Crippen molar-refractivity contribution >= 4 is 7.12 Å². The van der Waals surface area contributed by atoms with Gasteiger partial charge in [-0.1, -0.05) is 25.0 Å². The Bertz CT molecular complexity index is 268. The summed E-state index contributed by atoms with van der Waals surface area (Å²) in [4.78, 5) is 0. The van der Waals surface area contributed by atoms with E-state index in [-0.39, 0.29) is 18.3 Å². The van der Waals surface area contributed by atoms with Gasteiger partial charge in [0.25, 0.3) is 0 Å². The molecule has 0 spiro atoms. The van der Waals surface area contributed by atoms with E-state index in [0.717, 1.165) is 6.42 Å². The lowest BCUT2D eigenvalue weighted by molar-refractivity contribution is 0.00578. The lowest BCUT2D eigenvalue weighted by atomic mass is 9.68. The highest BCUT2D eigenvalue weighted by Gasteiger charge is 2.53. The van der Waals surface area contributed by atoms with Crippen molar-refractivity contribution in [3.05, 3.63) is 12.2 Å². The molecule has 2 rings (SSSR count). The highest BCUT2D eigenvalue weighted by molar-refractivity contribution is 6.47. The van der Waals surface area contributed by atoms with Crippen LogP contribution in [0.3, 0.4) is 0 Å². The third kappa shape index (κ3) is 2.21. The molecule has 0 radical (unpaired) electrons. The first-order valence-corrected chi connectivity index (χ1v) is 6.43. The summed E-state index contributed by atoms with van der Waals surface area (Å²) >= 11 is 0. The first kappa shape index (κ1) is 12.2. The van der Waals surface area contributed by atoms with E-state index in [1.807, 2.05) is 0 Å². The molecular formula is C13H23BO2. The molecular weight excluding hydrogens is 199 g/mol. The van der Waals surface area contributed by atoms with Gasteiger partial charge in [-0.25, -0.2) is 0 Å². The summed E-state index contributed by atoms with van der Waals surface area (Å²) in [7, 11) is -0.0206. The second-order valence-corrected chi connectivity index (χ2v) is 6.02. The van der Waals surface area contributed by atoms with Crippen molar-refractivity contribution in [3.8, 4) is 0 Å². The predicted molar refractivity (Wildman–Crippen MR) is 67.4 cm³/mol. The molecule has 2 nitrogen and oxygen atoms in total. The van der Waals surface area contributed by atoms with Crippen molar-refractivity contribution in [1.29, 1.82) is 0 Å². The lowest BCUT2D eigenvalue weighted by Gasteiger charge is -2.32. The average molecular weight is 222 g/mol. The third-order valence-electron chi connectivity index (χ3n) is 4.21. The molecule has 0 unspecified atom stereocenters. The Kier molecular flexibility index (Phi) is 3.19. The number of hydrogen-bond donors (Lipinski definition) is 0. The van der Waals surface area contributed by atoms with Gasteiger partial charge in [-0.05, 0) is 46.4 Å². The van der Waals surface area contributed by atoms with Crippen LogP contribution in [0.4, 0.5) is 0 Å². The van der Waals surface area contributed by atoms with Crippen LogP contribution in [0.5, 0.6) is 0 Å². The zero-order valence-corrected chi connectivity index (χ0v) is 11.0. The van der Waals surface area contributed by atoms with Crippen molar-refractivity contribution in [3.63, 3.8) is 0 Å². The quantitative estimate of drug-likeness (QED) is 0.498. The van der Waals surface area contributed by atoms with Gasteiger partial charge in [0.05, 0.1) is 11.2 Å². The standard InChI is InChI=1S/C13H23BO2/c1-12(2)13(3,4)16-14(15-12)11-9-7-5-6-8-10-11/h5,7,11H,6,8-10H2,1-4H3/t11-/m1/s1. The Morgan fingerprint density at radius 2 is 1.69 bits per heavy atom. The number of hydrogen-bond acceptors (Lipinski definition) is 2. The molecule has 1 heterocycles. The molecule has 16 heavy (non-hydrogen) atoms. The van der Waals surface area contributed by atoms with Gasteiger partial charge in [-0.2, -0.15) is 0 Å². The maximum absolute atomic E-state index is 6.10. The number of rotatable bonds is 1. The first-order valence-electron chi connectivity index (χ1n) is 6.43. The van der Waals surface area contributed by atoms with Gasteiger partial charge in [-0.15, -0.1) is 0 Å². The SMILES string of the molecule is CC1(C)OB([C@@H]2CC=CCCC2)OC1(C)C. The molecule has 0 saturated carbocycles. The van der Waals surface area contributed by atoms with E-state index >= 15 is 0 Å². The van der Waals surface area contributed by atoms with Gasteiger partial charge in [0.2, 0.25) is 0 Å². The Labute approximate surface area is 99.5 Å². The summed E-state index contributed by atoms with van der Waals surface area (Å²) in [6, 6.07) is 0. The molecule has 0 N–H and O–H groups in total. The molecule has 0 bridgehead atoms. The second-order valence-electron chi connectivity index (χ2n) is 6.02. The Balaban J connectivity index is 2.04. The van der Waals surface area contributed by atoms with Crippen LogP contribution >= 0.6 is 0 Å². The van der Waals surface area contributed by atoms with Crippen LogP contribution in [0.1, 0.15) is 53.4 Å². The van der Waals surface area contributed by atoms with E-state index in [4.69, 9.17) is 9.31 Å². The van der Waals surface area contributed by atoms with Crippen LogP contribution in [0.2, 0.25) is 5.82 Å². The maximum Gasteiger partial charge on any atom is 0.461 e. The van der Waals surface area contributed by atoms with Crippen LogP contribution in [0.25, 0.3) is 0 Å². The van der Waals surface area contributed by atoms with Gasteiger partial charge in [0.1, 0.15) is 0 Å². The topological polar surface area (TPSA) is 18.5 Å². The van der Waals surface area contributed by atoms with Gasteiger partial charge in [0.15, 0.2) is 0 Å². The van der Waals surface area contributed by atoms with Crippen LogP contribution < -0.4 is 0 Å². The lowest BCUT2D eigenvalue weighted by Crippen LogP contribution is -2.41. The summed E-state index contributed by atoms with van der Waals surface area (Å²) in [6.07, 6.45) is 9.33. The van der Waals surface area contributed by atoms with Crippen LogP contribution in [-0.2, 0) is 9.31 Å². The first-order chi connectivity index (χ1) is 7.42. The highest BCUT2D eigenvalue weighted by Crippen LogP contribution is 2.42. The zero-order valence-electron chi connectivity index (χ0n) is 11.0. The Morgan fingerprint density at radius 1 is 1.06 bits per heavy atom. The molecule has 0 aromatic rings. The molecule has 0 aromatic heterocycles. The molecule has 3 heteroatoms. The summed E-state index contributed by atoms with van der Waals surface area (Å²) in [6.45, 7) is 8.50. The normalized spacial score (nSPS) is 32.8. The molecule has 1 aliphatic heterocycles. The van der Waals surface area contributed by atoms with Crippen molar-refractivity contribution in [2.45, 2.75) is 70.4 Å². The summed E-state index contributed by atoms with van der Waals surface area (Å²) < 4.78 is 12.2. The van der Waals surface area contributed by atoms with E-state index in [1.165, 1.54) is 19.3 Å². The minimum absolute atomic E-state index is 0.0206. The number of allylic oxidation sites excluding steroid dienone is 2. The Morgan fingerprint density at radius 3 is 2.31 bits per heavy atom.